The number of nitrogens with one attached hydrogen (secondary N) is 1. The van der Waals surface area contributed by atoms with Crippen LogP contribution in [0.25, 0.3) is 0 Å². The maximum absolute atomic E-state index is 13.7. The molecule has 2 aromatic carbocycles. The molecule has 5 heteroatoms. The molecule has 1 aliphatic heterocycles. The second-order valence-electron chi connectivity index (χ2n) is 6.77. The lowest BCUT2D eigenvalue weighted by atomic mass is 9.74. The van der Waals surface area contributed by atoms with E-state index in [9.17, 15) is 9.18 Å². The van der Waals surface area contributed by atoms with Crippen LogP contribution in [0.3, 0.4) is 0 Å². The maximum atomic E-state index is 13.7. The number of hydrogen-bond donors (Lipinski definition) is 1. The number of hydrogen-bond acceptors (Lipinski definition) is 3. The molecule has 1 saturated heterocycles. The molecule has 0 aliphatic carbocycles. The summed E-state index contributed by atoms with van der Waals surface area (Å²) in [6.45, 7) is 3.47. The first-order valence-electron chi connectivity index (χ1n) is 8.81. The van der Waals surface area contributed by atoms with Crippen LogP contribution in [0, 0.1) is 12.7 Å². The van der Waals surface area contributed by atoms with Crippen molar-refractivity contribution in [3.63, 3.8) is 0 Å². The van der Waals surface area contributed by atoms with Crippen molar-refractivity contribution >= 4 is 5.91 Å². The predicted octanol–water partition coefficient (Wildman–Crippen LogP) is 3.62. The SMILES string of the molecule is COc1ccc(C2(CNC(=O)c3ccc(C)c(F)c3)CCOCC2)cc1. The van der Waals surface area contributed by atoms with E-state index in [1.165, 1.54) is 6.07 Å². The minimum absolute atomic E-state index is 0.191. The van der Waals surface area contributed by atoms with E-state index in [-0.39, 0.29) is 17.1 Å². The van der Waals surface area contributed by atoms with Gasteiger partial charge in [0.05, 0.1) is 7.11 Å². The van der Waals surface area contributed by atoms with Gasteiger partial charge in [0.1, 0.15) is 11.6 Å². The van der Waals surface area contributed by atoms with Gasteiger partial charge in [0, 0.05) is 30.7 Å². The predicted molar refractivity (Wildman–Crippen MR) is 98.2 cm³/mol. The molecule has 0 saturated carbocycles. The Hall–Kier alpha value is -2.40. The molecule has 0 atom stereocenters. The quantitative estimate of drug-likeness (QED) is 0.889. The largest absolute Gasteiger partial charge is 0.497 e. The van der Waals surface area contributed by atoms with Crippen molar-refractivity contribution in [3.05, 3.63) is 65.0 Å². The first kappa shape index (κ1) is 18.4. The van der Waals surface area contributed by atoms with Gasteiger partial charge in [0.25, 0.3) is 5.91 Å². The van der Waals surface area contributed by atoms with Gasteiger partial charge in [-0.05, 0) is 55.2 Å². The van der Waals surface area contributed by atoms with E-state index >= 15 is 0 Å². The third-order valence-corrected chi connectivity index (χ3v) is 5.17. The molecule has 26 heavy (non-hydrogen) atoms. The minimum Gasteiger partial charge on any atom is -0.497 e. The lowest BCUT2D eigenvalue weighted by molar-refractivity contribution is 0.0487. The van der Waals surface area contributed by atoms with Gasteiger partial charge in [-0.1, -0.05) is 18.2 Å². The average molecular weight is 357 g/mol. The molecule has 0 aromatic heterocycles. The third kappa shape index (κ3) is 3.88. The number of aryl methyl sites for hydroxylation is 1. The third-order valence-electron chi connectivity index (χ3n) is 5.17. The van der Waals surface area contributed by atoms with E-state index in [1.807, 2.05) is 24.3 Å². The van der Waals surface area contributed by atoms with Crippen LogP contribution in [0.2, 0.25) is 0 Å². The van der Waals surface area contributed by atoms with Crippen LogP contribution in [-0.4, -0.2) is 32.8 Å². The molecule has 0 bridgehead atoms. The Morgan fingerprint density at radius 3 is 2.50 bits per heavy atom. The zero-order valence-corrected chi connectivity index (χ0v) is 15.2. The van der Waals surface area contributed by atoms with Crippen molar-refractivity contribution in [2.24, 2.45) is 0 Å². The molecule has 0 radical (unpaired) electrons. The summed E-state index contributed by atoms with van der Waals surface area (Å²) >= 11 is 0. The van der Waals surface area contributed by atoms with E-state index in [0.29, 0.717) is 30.9 Å². The zero-order valence-electron chi connectivity index (χ0n) is 15.2. The Kier molecular flexibility index (Phi) is 5.57. The summed E-state index contributed by atoms with van der Waals surface area (Å²) in [5, 5.41) is 2.99. The molecule has 1 N–H and O–H groups in total. The molecule has 138 valence electrons. The van der Waals surface area contributed by atoms with Gasteiger partial charge in [0.2, 0.25) is 0 Å². The van der Waals surface area contributed by atoms with Crippen LogP contribution < -0.4 is 10.1 Å². The number of halogens is 1. The molecule has 2 aromatic rings. The Morgan fingerprint density at radius 2 is 1.88 bits per heavy atom. The van der Waals surface area contributed by atoms with E-state index in [1.54, 1.807) is 26.2 Å². The standard InChI is InChI=1S/C21H24FNO3/c1-15-3-4-16(13-19(15)22)20(24)23-14-21(9-11-26-12-10-21)17-5-7-18(25-2)8-6-17/h3-8,13H,9-12,14H2,1-2H3,(H,23,24). The van der Waals surface area contributed by atoms with Crippen molar-refractivity contribution in [1.82, 2.24) is 5.32 Å². The van der Waals surface area contributed by atoms with Crippen LogP contribution in [-0.2, 0) is 10.2 Å². The lowest BCUT2D eigenvalue weighted by Gasteiger charge is -2.38. The highest BCUT2D eigenvalue weighted by Crippen LogP contribution is 2.35. The first-order chi connectivity index (χ1) is 12.5. The maximum Gasteiger partial charge on any atom is 0.251 e. The lowest BCUT2D eigenvalue weighted by Crippen LogP contribution is -2.44. The Bertz CT molecular complexity index is 767. The molecule has 1 amide bonds. The van der Waals surface area contributed by atoms with E-state index in [2.05, 4.69) is 5.32 Å². The number of rotatable bonds is 5. The van der Waals surface area contributed by atoms with Crippen LogP contribution >= 0.6 is 0 Å². The smallest absolute Gasteiger partial charge is 0.251 e. The number of carbonyl (C=O) groups excluding carboxylic acids is 1. The Morgan fingerprint density at radius 1 is 1.19 bits per heavy atom. The number of carbonyl (C=O) groups is 1. The van der Waals surface area contributed by atoms with Crippen molar-refractivity contribution < 1.29 is 18.7 Å². The summed E-state index contributed by atoms with van der Waals surface area (Å²) in [5.41, 5.74) is 1.83. The summed E-state index contributed by atoms with van der Waals surface area (Å²) in [6, 6.07) is 12.5. The molecule has 0 unspecified atom stereocenters. The number of ether oxygens (including phenoxy) is 2. The summed E-state index contributed by atoms with van der Waals surface area (Å²) in [7, 11) is 1.64. The fourth-order valence-corrected chi connectivity index (χ4v) is 3.36. The molecule has 1 aliphatic rings. The minimum atomic E-state index is -0.367. The molecule has 4 nitrogen and oxygen atoms in total. The number of amides is 1. The monoisotopic (exact) mass is 357 g/mol. The fraction of sp³-hybridized carbons (Fsp3) is 0.381. The number of methoxy groups -OCH3 is 1. The Balaban J connectivity index is 1.77. The second-order valence-corrected chi connectivity index (χ2v) is 6.77. The van der Waals surface area contributed by atoms with Crippen LogP contribution in [0.15, 0.2) is 42.5 Å². The van der Waals surface area contributed by atoms with Crippen molar-refractivity contribution in [2.45, 2.75) is 25.2 Å². The van der Waals surface area contributed by atoms with Crippen molar-refractivity contribution in [1.29, 1.82) is 0 Å². The first-order valence-corrected chi connectivity index (χ1v) is 8.81. The van der Waals surface area contributed by atoms with Gasteiger partial charge in [-0.2, -0.15) is 0 Å². The highest BCUT2D eigenvalue weighted by molar-refractivity contribution is 5.94. The van der Waals surface area contributed by atoms with Gasteiger partial charge in [-0.25, -0.2) is 4.39 Å². The van der Waals surface area contributed by atoms with E-state index in [0.717, 1.165) is 24.2 Å². The molecule has 1 fully saturated rings. The second kappa shape index (κ2) is 7.87. The normalized spacial score (nSPS) is 16.1. The highest BCUT2D eigenvalue weighted by atomic mass is 19.1. The molecule has 0 spiro atoms. The van der Waals surface area contributed by atoms with Crippen molar-refractivity contribution in [2.75, 3.05) is 26.9 Å². The summed E-state index contributed by atoms with van der Waals surface area (Å²) in [5.74, 6) is 0.173. The fourth-order valence-electron chi connectivity index (χ4n) is 3.36. The molecule has 1 heterocycles. The number of benzene rings is 2. The van der Waals surface area contributed by atoms with E-state index in [4.69, 9.17) is 9.47 Å². The zero-order chi connectivity index (χ0) is 18.6. The van der Waals surface area contributed by atoms with Gasteiger partial charge in [-0.15, -0.1) is 0 Å². The topological polar surface area (TPSA) is 47.6 Å². The molecular weight excluding hydrogens is 333 g/mol. The highest BCUT2D eigenvalue weighted by Gasteiger charge is 2.35. The van der Waals surface area contributed by atoms with Gasteiger partial charge in [-0.3, -0.25) is 4.79 Å². The van der Waals surface area contributed by atoms with Crippen LogP contribution in [0.4, 0.5) is 4.39 Å². The van der Waals surface area contributed by atoms with Gasteiger partial charge in [0.15, 0.2) is 0 Å². The van der Waals surface area contributed by atoms with Gasteiger partial charge >= 0.3 is 0 Å². The van der Waals surface area contributed by atoms with Gasteiger partial charge < -0.3 is 14.8 Å². The average Bonchev–Trinajstić information content (AvgIpc) is 2.69. The molecular formula is C21H24FNO3. The van der Waals surface area contributed by atoms with Crippen LogP contribution in [0.5, 0.6) is 5.75 Å². The summed E-state index contributed by atoms with van der Waals surface area (Å²) in [6.07, 6.45) is 1.64. The summed E-state index contributed by atoms with van der Waals surface area (Å²) < 4.78 is 24.5. The molecule has 3 rings (SSSR count). The van der Waals surface area contributed by atoms with Crippen LogP contribution in [0.1, 0.15) is 34.3 Å². The Labute approximate surface area is 153 Å². The van der Waals surface area contributed by atoms with E-state index < -0.39 is 0 Å². The van der Waals surface area contributed by atoms with Crippen molar-refractivity contribution in [3.8, 4) is 5.75 Å². The summed E-state index contributed by atoms with van der Waals surface area (Å²) in [4.78, 5) is 12.5.